The van der Waals surface area contributed by atoms with Gasteiger partial charge >= 0.3 is 6.61 Å². The summed E-state index contributed by atoms with van der Waals surface area (Å²) in [5, 5.41) is 3.51. The second kappa shape index (κ2) is 12.7. The Morgan fingerprint density at radius 2 is 1.79 bits per heavy atom. The predicted molar refractivity (Wildman–Crippen MR) is 162 cm³/mol. The lowest BCUT2D eigenvalue weighted by Crippen LogP contribution is -2.36. The van der Waals surface area contributed by atoms with Gasteiger partial charge in [0.1, 0.15) is 22.0 Å². The van der Waals surface area contributed by atoms with Gasteiger partial charge in [-0.2, -0.15) is 8.78 Å². The Labute approximate surface area is 250 Å². The van der Waals surface area contributed by atoms with Crippen molar-refractivity contribution in [3.63, 3.8) is 0 Å². The number of anilines is 2. The minimum Gasteiger partial charge on any atom is -0.433 e. The molecule has 0 amide bonds. The molecule has 1 aliphatic carbocycles. The Bertz CT molecular complexity index is 1710. The standard InChI is InChI=1S/C30H35F2N7O3S/c1-5-19-16-23(36-24-17-33-30(37-28(19)24)35-20-10-12-21(13-11-20)39(3)4)22-14-15-27(34-18(22)2)38-43(40,41)26-9-7-6-8-25(26)42-29(31)32/h6-9,14-17,20-21,29H,5,10-13H2,1-4H3,(H,34,38)(H,33,35,37). The van der Waals surface area contributed by atoms with Gasteiger partial charge in [0.15, 0.2) is 0 Å². The zero-order valence-corrected chi connectivity index (χ0v) is 25.3. The van der Waals surface area contributed by atoms with Crippen LogP contribution in [0.2, 0.25) is 0 Å². The summed E-state index contributed by atoms with van der Waals surface area (Å²) in [4.78, 5) is 20.5. The second-order valence-electron chi connectivity index (χ2n) is 10.8. The van der Waals surface area contributed by atoms with Gasteiger partial charge in [-0.05, 0) is 89.0 Å². The first-order chi connectivity index (χ1) is 20.5. The van der Waals surface area contributed by atoms with Gasteiger partial charge in [0.25, 0.3) is 10.0 Å². The van der Waals surface area contributed by atoms with Crippen LogP contribution in [0.4, 0.5) is 20.5 Å². The Morgan fingerprint density at radius 3 is 2.47 bits per heavy atom. The molecule has 5 rings (SSSR count). The third-order valence-electron chi connectivity index (χ3n) is 7.72. The van der Waals surface area contributed by atoms with Crippen LogP contribution in [-0.4, -0.2) is 66.0 Å². The summed E-state index contributed by atoms with van der Waals surface area (Å²) in [6.07, 6.45) is 6.85. The maximum Gasteiger partial charge on any atom is 0.387 e. The minimum absolute atomic E-state index is 0.0308. The maximum atomic E-state index is 13.0. The van der Waals surface area contributed by atoms with E-state index in [0.717, 1.165) is 43.2 Å². The van der Waals surface area contributed by atoms with Gasteiger partial charge in [0.2, 0.25) is 5.95 Å². The molecule has 13 heteroatoms. The Morgan fingerprint density at radius 1 is 1.05 bits per heavy atom. The van der Waals surface area contributed by atoms with E-state index in [2.05, 4.69) is 50.7 Å². The first kappa shape index (κ1) is 30.5. The summed E-state index contributed by atoms with van der Waals surface area (Å²) in [7, 11) is 0.00107. The molecule has 4 aromatic rings. The van der Waals surface area contributed by atoms with Crippen LogP contribution in [0.5, 0.6) is 5.75 Å². The van der Waals surface area contributed by atoms with Gasteiger partial charge in [-0.1, -0.05) is 19.1 Å². The smallest absolute Gasteiger partial charge is 0.387 e. The summed E-state index contributed by atoms with van der Waals surface area (Å²) in [6, 6.07) is 11.3. The number of sulfonamides is 1. The molecule has 0 unspecified atom stereocenters. The average molecular weight is 612 g/mol. The Kier molecular flexibility index (Phi) is 9.02. The van der Waals surface area contributed by atoms with E-state index >= 15 is 0 Å². The number of alkyl halides is 2. The molecular weight excluding hydrogens is 576 g/mol. The van der Waals surface area contributed by atoms with E-state index in [4.69, 9.17) is 9.97 Å². The van der Waals surface area contributed by atoms with Crippen LogP contribution in [0.25, 0.3) is 22.3 Å². The molecule has 0 aliphatic heterocycles. The molecule has 1 aliphatic rings. The number of hydrogen-bond acceptors (Lipinski definition) is 9. The molecule has 0 bridgehead atoms. The second-order valence-corrected chi connectivity index (χ2v) is 12.5. The highest BCUT2D eigenvalue weighted by atomic mass is 32.2. The Hall–Kier alpha value is -3.97. The van der Waals surface area contributed by atoms with Crippen molar-refractivity contribution >= 4 is 32.8 Å². The van der Waals surface area contributed by atoms with Crippen molar-refractivity contribution in [3.05, 3.63) is 59.9 Å². The fourth-order valence-electron chi connectivity index (χ4n) is 5.43. The third-order valence-corrected chi connectivity index (χ3v) is 9.12. The van der Waals surface area contributed by atoms with Crippen LogP contribution >= 0.6 is 0 Å². The largest absolute Gasteiger partial charge is 0.433 e. The summed E-state index contributed by atoms with van der Waals surface area (Å²) in [6.45, 7) is 0.627. The van der Waals surface area contributed by atoms with Crippen LogP contribution in [-0.2, 0) is 16.4 Å². The summed E-state index contributed by atoms with van der Waals surface area (Å²) < 4.78 is 58.3. The molecule has 3 heterocycles. The number of halogens is 2. The van der Waals surface area contributed by atoms with Gasteiger partial charge in [-0.3, -0.25) is 4.72 Å². The molecule has 3 aromatic heterocycles. The van der Waals surface area contributed by atoms with Crippen molar-refractivity contribution in [2.24, 2.45) is 0 Å². The first-order valence-electron chi connectivity index (χ1n) is 14.2. The van der Waals surface area contributed by atoms with Crippen LogP contribution in [0.1, 0.15) is 43.9 Å². The summed E-state index contributed by atoms with van der Waals surface area (Å²) in [5.41, 5.74) is 4.33. The highest BCUT2D eigenvalue weighted by Crippen LogP contribution is 2.30. The molecule has 1 fully saturated rings. The fourth-order valence-corrected chi connectivity index (χ4v) is 6.57. The Balaban J connectivity index is 1.37. The summed E-state index contributed by atoms with van der Waals surface area (Å²) in [5.74, 6) is 0.173. The molecular formula is C30H35F2N7O3S. The third kappa shape index (κ3) is 6.99. The molecule has 0 spiro atoms. The maximum absolute atomic E-state index is 13.0. The number of nitrogens with one attached hydrogen (secondary N) is 2. The molecule has 0 atom stereocenters. The number of aryl methyl sites for hydroxylation is 2. The van der Waals surface area contributed by atoms with E-state index in [1.165, 1.54) is 30.3 Å². The fraction of sp³-hybridized carbons (Fsp3) is 0.400. The average Bonchev–Trinajstić information content (AvgIpc) is 2.96. The van der Waals surface area contributed by atoms with E-state index in [-0.39, 0.29) is 5.82 Å². The van der Waals surface area contributed by atoms with Gasteiger partial charge in [0, 0.05) is 23.3 Å². The van der Waals surface area contributed by atoms with Crippen molar-refractivity contribution in [3.8, 4) is 17.0 Å². The number of hydrogen-bond donors (Lipinski definition) is 2. The minimum atomic E-state index is -4.26. The normalized spacial score (nSPS) is 17.4. The topological polar surface area (TPSA) is 122 Å². The number of aromatic nitrogens is 4. The molecule has 2 N–H and O–H groups in total. The molecule has 1 saturated carbocycles. The monoisotopic (exact) mass is 611 g/mol. The highest BCUT2D eigenvalue weighted by Gasteiger charge is 2.24. The van der Waals surface area contributed by atoms with E-state index in [9.17, 15) is 17.2 Å². The zero-order chi connectivity index (χ0) is 30.7. The van der Waals surface area contributed by atoms with Crippen LogP contribution in [0.3, 0.4) is 0 Å². The first-order valence-corrected chi connectivity index (χ1v) is 15.7. The number of rotatable bonds is 10. The van der Waals surface area contributed by atoms with Crippen molar-refractivity contribution in [1.29, 1.82) is 0 Å². The summed E-state index contributed by atoms with van der Waals surface area (Å²) >= 11 is 0. The number of pyridine rings is 2. The van der Waals surface area contributed by atoms with Gasteiger partial charge in [-0.25, -0.2) is 28.4 Å². The van der Waals surface area contributed by atoms with Crippen LogP contribution in [0.15, 0.2) is 53.6 Å². The van der Waals surface area contributed by atoms with E-state index < -0.39 is 27.3 Å². The molecule has 0 saturated heterocycles. The molecule has 10 nitrogen and oxygen atoms in total. The molecule has 0 radical (unpaired) electrons. The van der Waals surface area contributed by atoms with Gasteiger partial charge in [-0.15, -0.1) is 0 Å². The molecule has 228 valence electrons. The van der Waals surface area contributed by atoms with E-state index in [0.29, 0.717) is 40.5 Å². The number of nitrogens with zero attached hydrogens (tertiary/aromatic N) is 5. The lowest BCUT2D eigenvalue weighted by Gasteiger charge is -2.32. The van der Waals surface area contributed by atoms with Gasteiger partial charge in [0.05, 0.1) is 17.4 Å². The highest BCUT2D eigenvalue weighted by molar-refractivity contribution is 7.92. The van der Waals surface area contributed by atoms with E-state index in [1.54, 1.807) is 19.2 Å². The van der Waals surface area contributed by atoms with E-state index in [1.807, 2.05) is 6.07 Å². The quantitative estimate of drug-likeness (QED) is 0.234. The lowest BCUT2D eigenvalue weighted by molar-refractivity contribution is -0.0517. The number of fused-ring (bicyclic) bond motifs is 1. The number of benzene rings is 1. The lowest BCUT2D eigenvalue weighted by atomic mass is 9.91. The zero-order valence-electron chi connectivity index (χ0n) is 24.5. The van der Waals surface area contributed by atoms with Crippen molar-refractivity contribution in [2.45, 2.75) is 69.5 Å². The van der Waals surface area contributed by atoms with Crippen molar-refractivity contribution in [1.82, 2.24) is 24.8 Å². The molecule has 43 heavy (non-hydrogen) atoms. The van der Waals surface area contributed by atoms with Gasteiger partial charge < -0.3 is 15.0 Å². The predicted octanol–water partition coefficient (Wildman–Crippen LogP) is 5.64. The van der Waals surface area contributed by atoms with Crippen molar-refractivity contribution in [2.75, 3.05) is 24.1 Å². The van der Waals surface area contributed by atoms with Crippen molar-refractivity contribution < 1.29 is 21.9 Å². The van der Waals surface area contributed by atoms with Crippen LogP contribution in [0, 0.1) is 6.92 Å². The SMILES string of the molecule is CCc1cc(-c2ccc(NS(=O)(=O)c3ccccc3OC(F)F)nc2C)nc2cnc(NC3CCC(N(C)C)CC3)nc12. The van der Waals surface area contributed by atoms with Crippen LogP contribution < -0.4 is 14.8 Å². The number of ether oxygens (including phenoxy) is 1. The number of para-hydroxylation sites is 1. The molecule has 1 aromatic carbocycles.